The molecule has 1 heterocycles. The summed E-state index contributed by atoms with van der Waals surface area (Å²) < 4.78 is 35.2. The number of carbonyl (C=O) groups is 1. The summed E-state index contributed by atoms with van der Waals surface area (Å²) in [6.45, 7) is -1.73. The summed E-state index contributed by atoms with van der Waals surface area (Å²) in [4.78, 5) is 22.3. The lowest BCUT2D eigenvalue weighted by atomic mass is 10.2. The Bertz CT molecular complexity index is 843. The summed E-state index contributed by atoms with van der Waals surface area (Å²) in [6.07, 6.45) is 0. The largest absolute Gasteiger partial charge is 0.493 e. The molecule has 140 valence electrons. The summed E-state index contributed by atoms with van der Waals surface area (Å²) in [5.74, 6) is -1.09. The molecule has 0 saturated carbocycles. The number of ether oxygens (including phenoxy) is 2. The number of methoxy groups -OCH3 is 1. The number of hydrogen-bond donors (Lipinski definition) is 1. The minimum atomic E-state index is -3.01. The van der Waals surface area contributed by atoms with E-state index in [0.717, 1.165) is 0 Å². The Labute approximate surface area is 154 Å². The SMILES string of the molecule is COc1cc(NC(=O)Cn2nc([N+](=O)[O-])c(Br)c2C)ccc1OC(F)F. The van der Waals surface area contributed by atoms with Crippen molar-refractivity contribution >= 4 is 33.3 Å². The maximum absolute atomic E-state index is 12.3. The van der Waals surface area contributed by atoms with Gasteiger partial charge in [0.2, 0.25) is 5.91 Å². The molecular formula is C14H13BrF2N4O5. The van der Waals surface area contributed by atoms with Gasteiger partial charge in [0.25, 0.3) is 0 Å². The molecule has 0 saturated heterocycles. The zero-order valence-corrected chi connectivity index (χ0v) is 15.1. The molecule has 2 rings (SSSR count). The molecule has 0 unspecified atom stereocenters. The van der Waals surface area contributed by atoms with E-state index < -0.39 is 23.3 Å². The van der Waals surface area contributed by atoms with E-state index in [1.165, 1.54) is 30.0 Å². The molecule has 1 aromatic heterocycles. The van der Waals surface area contributed by atoms with Crippen molar-refractivity contribution in [2.45, 2.75) is 20.1 Å². The average Bonchev–Trinajstić information content (AvgIpc) is 2.84. The first-order chi connectivity index (χ1) is 12.2. The van der Waals surface area contributed by atoms with Crippen LogP contribution in [0.2, 0.25) is 0 Å². The monoisotopic (exact) mass is 434 g/mol. The van der Waals surface area contributed by atoms with Crippen molar-refractivity contribution in [3.05, 3.63) is 38.5 Å². The van der Waals surface area contributed by atoms with Gasteiger partial charge < -0.3 is 24.9 Å². The number of anilines is 1. The van der Waals surface area contributed by atoms with Crippen molar-refractivity contribution in [2.24, 2.45) is 0 Å². The first kappa shape index (κ1) is 19.6. The number of amides is 1. The fourth-order valence-electron chi connectivity index (χ4n) is 2.05. The van der Waals surface area contributed by atoms with Crippen LogP contribution in [0, 0.1) is 17.0 Å². The van der Waals surface area contributed by atoms with E-state index in [0.29, 0.717) is 5.69 Å². The van der Waals surface area contributed by atoms with Gasteiger partial charge in [-0.05, 0) is 39.9 Å². The van der Waals surface area contributed by atoms with E-state index >= 15 is 0 Å². The predicted molar refractivity (Wildman–Crippen MR) is 89.6 cm³/mol. The van der Waals surface area contributed by atoms with E-state index in [1.807, 2.05) is 0 Å². The molecule has 0 aliphatic heterocycles. The molecule has 0 bridgehead atoms. The molecule has 9 nitrogen and oxygen atoms in total. The zero-order chi connectivity index (χ0) is 19.4. The smallest absolute Gasteiger partial charge is 0.404 e. The van der Waals surface area contributed by atoms with Crippen LogP contribution >= 0.6 is 15.9 Å². The Morgan fingerprint density at radius 3 is 2.69 bits per heavy atom. The summed E-state index contributed by atoms with van der Waals surface area (Å²) >= 11 is 3.06. The Morgan fingerprint density at radius 1 is 1.46 bits per heavy atom. The number of benzene rings is 1. The summed E-state index contributed by atoms with van der Waals surface area (Å²) in [5, 5.41) is 17.1. The van der Waals surface area contributed by atoms with E-state index in [1.54, 1.807) is 6.92 Å². The lowest BCUT2D eigenvalue weighted by Gasteiger charge is -2.12. The normalized spacial score (nSPS) is 10.7. The molecule has 0 spiro atoms. The van der Waals surface area contributed by atoms with Gasteiger partial charge >= 0.3 is 12.4 Å². The van der Waals surface area contributed by atoms with Crippen molar-refractivity contribution < 1.29 is 28.0 Å². The Morgan fingerprint density at radius 2 is 2.15 bits per heavy atom. The van der Waals surface area contributed by atoms with Crippen LogP contribution in [-0.2, 0) is 11.3 Å². The van der Waals surface area contributed by atoms with Gasteiger partial charge in [-0.3, -0.25) is 4.79 Å². The number of nitrogens with zero attached hydrogens (tertiary/aromatic N) is 3. The topological polar surface area (TPSA) is 109 Å². The number of nitrogens with one attached hydrogen (secondary N) is 1. The van der Waals surface area contributed by atoms with Gasteiger partial charge in [-0.1, -0.05) is 0 Å². The molecule has 0 atom stereocenters. The first-order valence-electron chi connectivity index (χ1n) is 7.03. The molecule has 1 amide bonds. The highest BCUT2D eigenvalue weighted by atomic mass is 79.9. The molecule has 2 aromatic rings. The third kappa shape index (κ3) is 4.45. The minimum absolute atomic E-state index is 0.0109. The first-order valence-corrected chi connectivity index (χ1v) is 7.82. The predicted octanol–water partition coefficient (Wildman–Crippen LogP) is 3.11. The Balaban J connectivity index is 2.13. The molecular weight excluding hydrogens is 422 g/mol. The number of halogens is 3. The molecule has 0 fully saturated rings. The number of aromatic nitrogens is 2. The standard InChI is InChI=1S/C14H13BrF2N4O5/c1-7-12(15)13(21(23)24)19-20(7)6-11(22)18-8-3-4-9(26-14(16)17)10(5-8)25-2/h3-5,14H,6H2,1-2H3,(H,18,22). The molecule has 1 aromatic carbocycles. The molecule has 12 heteroatoms. The number of carbonyl (C=O) groups excluding carboxylic acids is 1. The minimum Gasteiger partial charge on any atom is -0.493 e. The van der Waals surface area contributed by atoms with E-state index in [-0.39, 0.29) is 28.2 Å². The van der Waals surface area contributed by atoms with Gasteiger partial charge in [-0.2, -0.15) is 13.5 Å². The van der Waals surface area contributed by atoms with E-state index in [9.17, 15) is 23.7 Å². The van der Waals surface area contributed by atoms with Crippen molar-refractivity contribution in [1.29, 1.82) is 0 Å². The second-order valence-electron chi connectivity index (χ2n) is 4.93. The van der Waals surface area contributed by atoms with Crippen LogP contribution in [0.25, 0.3) is 0 Å². The summed E-state index contributed by atoms with van der Waals surface area (Å²) in [6, 6.07) is 3.89. The molecule has 0 aliphatic carbocycles. The number of alkyl halides is 2. The van der Waals surface area contributed by atoms with Crippen LogP contribution in [0.1, 0.15) is 5.69 Å². The molecule has 0 radical (unpaired) electrons. The van der Waals surface area contributed by atoms with Gasteiger partial charge in [0.05, 0.1) is 17.9 Å². The Kier molecular flexibility index (Phi) is 6.08. The summed E-state index contributed by atoms with van der Waals surface area (Å²) in [5.41, 5.74) is 0.678. The third-order valence-electron chi connectivity index (χ3n) is 3.25. The second-order valence-corrected chi connectivity index (χ2v) is 5.72. The lowest BCUT2D eigenvalue weighted by Crippen LogP contribution is -2.20. The highest BCUT2D eigenvalue weighted by molar-refractivity contribution is 9.10. The fraction of sp³-hybridized carbons (Fsp3) is 0.286. The maximum atomic E-state index is 12.3. The van der Waals surface area contributed by atoms with Crippen LogP contribution in [0.15, 0.2) is 22.7 Å². The number of rotatable bonds is 7. The molecule has 0 aliphatic rings. The second kappa shape index (κ2) is 8.08. The van der Waals surface area contributed by atoms with Gasteiger partial charge in [0.15, 0.2) is 11.5 Å². The van der Waals surface area contributed by atoms with Crippen molar-refractivity contribution in [3.63, 3.8) is 0 Å². The molecule has 26 heavy (non-hydrogen) atoms. The van der Waals surface area contributed by atoms with Gasteiger partial charge in [0.1, 0.15) is 11.0 Å². The zero-order valence-electron chi connectivity index (χ0n) is 13.5. The van der Waals surface area contributed by atoms with Gasteiger partial charge in [-0.15, -0.1) is 0 Å². The number of nitro groups is 1. The highest BCUT2D eigenvalue weighted by Gasteiger charge is 2.24. The van der Waals surface area contributed by atoms with Crippen LogP contribution < -0.4 is 14.8 Å². The molecule has 1 N–H and O–H groups in total. The van der Waals surface area contributed by atoms with Crippen LogP contribution in [0.3, 0.4) is 0 Å². The lowest BCUT2D eigenvalue weighted by molar-refractivity contribution is -0.390. The highest BCUT2D eigenvalue weighted by Crippen LogP contribution is 2.31. The van der Waals surface area contributed by atoms with Gasteiger partial charge in [-0.25, -0.2) is 0 Å². The fourth-order valence-corrected chi connectivity index (χ4v) is 2.48. The van der Waals surface area contributed by atoms with Gasteiger partial charge in [0, 0.05) is 11.8 Å². The Hall–Kier alpha value is -2.76. The van der Waals surface area contributed by atoms with Crippen molar-refractivity contribution in [3.8, 4) is 11.5 Å². The van der Waals surface area contributed by atoms with E-state index in [2.05, 4.69) is 31.1 Å². The quantitative estimate of drug-likeness (QED) is 0.529. The number of hydrogen-bond acceptors (Lipinski definition) is 6. The van der Waals surface area contributed by atoms with Crippen LogP contribution in [0.5, 0.6) is 11.5 Å². The van der Waals surface area contributed by atoms with Crippen molar-refractivity contribution in [2.75, 3.05) is 12.4 Å². The van der Waals surface area contributed by atoms with Crippen LogP contribution in [0.4, 0.5) is 20.3 Å². The van der Waals surface area contributed by atoms with Crippen LogP contribution in [-0.4, -0.2) is 34.3 Å². The maximum Gasteiger partial charge on any atom is 0.404 e. The summed E-state index contributed by atoms with van der Waals surface area (Å²) in [7, 11) is 1.27. The third-order valence-corrected chi connectivity index (χ3v) is 4.17. The van der Waals surface area contributed by atoms with Crippen molar-refractivity contribution in [1.82, 2.24) is 9.78 Å². The average molecular weight is 435 g/mol. The van der Waals surface area contributed by atoms with E-state index in [4.69, 9.17) is 4.74 Å².